The van der Waals surface area contributed by atoms with Gasteiger partial charge in [0.25, 0.3) is 0 Å². The molecule has 3 aromatic rings. The first kappa shape index (κ1) is 18.5. The standard InChI is InChI=1S/C21H20ClN3O3/c22-21-19(6-3-9-23-21)28-14-16-13-25(10-11-27-16)20(26)8-7-15-12-24-18-5-2-1-4-17(15)18/h1-9,12,16,24H,10-11,13-14H2. The van der Waals surface area contributed by atoms with Gasteiger partial charge < -0.3 is 19.4 Å². The molecule has 1 aliphatic heterocycles. The van der Waals surface area contributed by atoms with Crippen molar-refractivity contribution in [2.75, 3.05) is 26.3 Å². The fourth-order valence-electron chi connectivity index (χ4n) is 3.18. The van der Waals surface area contributed by atoms with E-state index in [4.69, 9.17) is 21.1 Å². The summed E-state index contributed by atoms with van der Waals surface area (Å²) in [6.07, 6.45) is 6.75. The summed E-state index contributed by atoms with van der Waals surface area (Å²) in [5.74, 6) is 0.466. The number of ether oxygens (including phenoxy) is 2. The Morgan fingerprint density at radius 2 is 2.25 bits per heavy atom. The van der Waals surface area contributed by atoms with Crippen molar-refractivity contribution in [1.82, 2.24) is 14.9 Å². The average molecular weight is 398 g/mol. The van der Waals surface area contributed by atoms with E-state index in [2.05, 4.69) is 9.97 Å². The minimum absolute atomic E-state index is 0.0435. The number of para-hydroxylation sites is 1. The summed E-state index contributed by atoms with van der Waals surface area (Å²) >= 11 is 6.00. The second-order valence-electron chi connectivity index (χ2n) is 6.50. The highest BCUT2D eigenvalue weighted by atomic mass is 35.5. The lowest BCUT2D eigenvalue weighted by atomic mass is 10.1. The number of benzene rings is 1. The van der Waals surface area contributed by atoms with Crippen molar-refractivity contribution in [3.63, 3.8) is 0 Å². The summed E-state index contributed by atoms with van der Waals surface area (Å²) in [6, 6.07) is 11.5. The summed E-state index contributed by atoms with van der Waals surface area (Å²) in [7, 11) is 0. The quantitative estimate of drug-likeness (QED) is 0.528. The number of hydrogen-bond acceptors (Lipinski definition) is 4. The SMILES string of the molecule is O=C(C=Cc1c[nH]c2ccccc12)N1CCOC(COc2cccnc2Cl)C1. The molecule has 2 aromatic heterocycles. The Morgan fingerprint density at radius 3 is 3.14 bits per heavy atom. The molecule has 28 heavy (non-hydrogen) atoms. The number of nitrogens with one attached hydrogen (secondary N) is 1. The lowest BCUT2D eigenvalue weighted by Gasteiger charge is -2.32. The van der Waals surface area contributed by atoms with Crippen LogP contribution in [-0.4, -0.2) is 53.2 Å². The predicted molar refractivity (Wildman–Crippen MR) is 108 cm³/mol. The van der Waals surface area contributed by atoms with Crippen LogP contribution in [0.25, 0.3) is 17.0 Å². The van der Waals surface area contributed by atoms with Crippen LogP contribution in [0.2, 0.25) is 5.15 Å². The zero-order valence-corrected chi connectivity index (χ0v) is 15.9. The molecule has 1 saturated heterocycles. The first-order chi connectivity index (χ1) is 13.7. The molecule has 1 amide bonds. The number of halogens is 1. The third kappa shape index (κ3) is 4.18. The Balaban J connectivity index is 1.36. The third-order valence-corrected chi connectivity index (χ3v) is 4.91. The third-order valence-electron chi connectivity index (χ3n) is 4.63. The second kappa shape index (κ2) is 8.46. The summed E-state index contributed by atoms with van der Waals surface area (Å²) in [5, 5.41) is 1.40. The van der Waals surface area contributed by atoms with Crippen LogP contribution in [0.1, 0.15) is 5.56 Å². The maximum absolute atomic E-state index is 12.6. The van der Waals surface area contributed by atoms with Gasteiger partial charge in [0.15, 0.2) is 10.9 Å². The summed E-state index contributed by atoms with van der Waals surface area (Å²) in [5.41, 5.74) is 2.04. The molecular formula is C21H20ClN3O3. The normalized spacial score (nSPS) is 17.3. The van der Waals surface area contributed by atoms with Crippen LogP contribution in [0.5, 0.6) is 5.75 Å². The maximum Gasteiger partial charge on any atom is 0.246 e. The minimum atomic E-state index is -0.213. The number of rotatable bonds is 5. The number of morpholine rings is 1. The minimum Gasteiger partial charge on any atom is -0.488 e. The molecule has 6 nitrogen and oxygen atoms in total. The van der Waals surface area contributed by atoms with E-state index in [1.807, 2.05) is 36.5 Å². The van der Waals surface area contributed by atoms with Crippen molar-refractivity contribution < 1.29 is 14.3 Å². The number of pyridine rings is 1. The predicted octanol–water partition coefficient (Wildman–Crippen LogP) is 3.54. The first-order valence-corrected chi connectivity index (χ1v) is 9.46. The van der Waals surface area contributed by atoms with Crippen LogP contribution < -0.4 is 4.74 Å². The molecule has 0 saturated carbocycles. The van der Waals surface area contributed by atoms with Gasteiger partial charge in [0.1, 0.15) is 12.7 Å². The smallest absolute Gasteiger partial charge is 0.246 e. The number of aromatic amines is 1. The number of fused-ring (bicyclic) bond motifs is 1. The molecule has 1 atom stereocenters. The van der Waals surface area contributed by atoms with E-state index in [0.717, 1.165) is 16.5 Å². The van der Waals surface area contributed by atoms with Crippen LogP contribution in [0, 0.1) is 0 Å². The molecule has 0 radical (unpaired) electrons. The van der Waals surface area contributed by atoms with Gasteiger partial charge in [0.05, 0.1) is 13.2 Å². The maximum atomic E-state index is 12.6. The molecule has 1 N–H and O–H groups in total. The fraction of sp³-hybridized carbons (Fsp3) is 0.238. The number of hydrogen-bond donors (Lipinski definition) is 1. The van der Waals surface area contributed by atoms with Gasteiger partial charge in [0.2, 0.25) is 5.91 Å². The van der Waals surface area contributed by atoms with Crippen molar-refractivity contribution in [2.45, 2.75) is 6.10 Å². The Morgan fingerprint density at radius 1 is 1.36 bits per heavy atom. The Bertz CT molecular complexity index is 1000. The van der Waals surface area contributed by atoms with Gasteiger partial charge in [-0.1, -0.05) is 29.8 Å². The van der Waals surface area contributed by atoms with Gasteiger partial charge in [-0.15, -0.1) is 0 Å². The number of nitrogens with zero attached hydrogens (tertiary/aromatic N) is 2. The zero-order valence-electron chi connectivity index (χ0n) is 15.2. The van der Waals surface area contributed by atoms with Crippen molar-refractivity contribution in [1.29, 1.82) is 0 Å². The van der Waals surface area contributed by atoms with Crippen LogP contribution in [0.3, 0.4) is 0 Å². The van der Waals surface area contributed by atoms with E-state index in [9.17, 15) is 4.79 Å². The van der Waals surface area contributed by atoms with Crippen LogP contribution in [-0.2, 0) is 9.53 Å². The molecule has 7 heteroatoms. The summed E-state index contributed by atoms with van der Waals surface area (Å²) in [4.78, 5) is 21.6. The zero-order chi connectivity index (χ0) is 19.3. The van der Waals surface area contributed by atoms with E-state index in [1.165, 1.54) is 0 Å². The van der Waals surface area contributed by atoms with Crippen LogP contribution in [0.4, 0.5) is 0 Å². The lowest BCUT2D eigenvalue weighted by molar-refractivity contribution is -0.134. The second-order valence-corrected chi connectivity index (χ2v) is 6.86. The topological polar surface area (TPSA) is 67.5 Å². The van der Waals surface area contributed by atoms with Crippen LogP contribution >= 0.6 is 11.6 Å². The Labute approximate surface area is 167 Å². The van der Waals surface area contributed by atoms with Gasteiger partial charge in [-0.2, -0.15) is 0 Å². The average Bonchev–Trinajstić information content (AvgIpc) is 3.15. The van der Waals surface area contributed by atoms with E-state index in [1.54, 1.807) is 29.3 Å². The molecule has 1 unspecified atom stereocenters. The Kier molecular flexibility index (Phi) is 5.60. The summed E-state index contributed by atoms with van der Waals surface area (Å²) < 4.78 is 11.4. The van der Waals surface area contributed by atoms with Crippen molar-refractivity contribution >= 4 is 34.5 Å². The molecule has 1 fully saturated rings. The number of carbonyl (C=O) groups excluding carboxylic acids is 1. The van der Waals surface area contributed by atoms with Crippen molar-refractivity contribution in [2.24, 2.45) is 0 Å². The molecule has 4 rings (SSSR count). The molecule has 1 aliphatic rings. The lowest BCUT2D eigenvalue weighted by Crippen LogP contribution is -2.47. The molecular weight excluding hydrogens is 378 g/mol. The van der Waals surface area contributed by atoms with Crippen LogP contribution in [0.15, 0.2) is 54.9 Å². The molecule has 1 aromatic carbocycles. The number of aromatic nitrogens is 2. The van der Waals surface area contributed by atoms with E-state index < -0.39 is 0 Å². The molecule has 144 valence electrons. The van der Waals surface area contributed by atoms with Gasteiger partial charge in [0, 0.05) is 35.9 Å². The molecule has 3 heterocycles. The van der Waals surface area contributed by atoms with Gasteiger partial charge in [-0.3, -0.25) is 4.79 Å². The highest BCUT2D eigenvalue weighted by Gasteiger charge is 2.24. The van der Waals surface area contributed by atoms with Crippen molar-refractivity contribution in [3.8, 4) is 5.75 Å². The Hall–Kier alpha value is -2.83. The largest absolute Gasteiger partial charge is 0.488 e. The van der Waals surface area contributed by atoms with E-state index >= 15 is 0 Å². The first-order valence-electron chi connectivity index (χ1n) is 9.09. The van der Waals surface area contributed by atoms with E-state index in [0.29, 0.717) is 37.2 Å². The highest BCUT2D eigenvalue weighted by molar-refractivity contribution is 6.30. The monoisotopic (exact) mass is 397 g/mol. The fourth-order valence-corrected chi connectivity index (χ4v) is 3.35. The van der Waals surface area contributed by atoms with Gasteiger partial charge >= 0.3 is 0 Å². The van der Waals surface area contributed by atoms with Crippen molar-refractivity contribution in [3.05, 3.63) is 65.6 Å². The highest BCUT2D eigenvalue weighted by Crippen LogP contribution is 2.21. The molecule has 0 aliphatic carbocycles. The molecule has 0 spiro atoms. The number of carbonyl (C=O) groups is 1. The van der Waals surface area contributed by atoms with E-state index in [-0.39, 0.29) is 12.0 Å². The molecule has 0 bridgehead atoms. The van der Waals surface area contributed by atoms with Gasteiger partial charge in [-0.05, 0) is 29.8 Å². The number of amides is 1. The van der Waals surface area contributed by atoms with Gasteiger partial charge in [-0.25, -0.2) is 4.98 Å². The number of H-pyrrole nitrogens is 1. The summed E-state index contributed by atoms with van der Waals surface area (Å²) in [6.45, 7) is 1.80.